The Morgan fingerprint density at radius 3 is 2.08 bits per heavy atom. The Kier molecular flexibility index (Phi) is 4.15. The Hall–Kier alpha value is -2.61. The first-order chi connectivity index (χ1) is 11.4. The molecule has 2 aromatic carbocycles. The van der Waals surface area contributed by atoms with Crippen molar-refractivity contribution in [2.45, 2.75) is 33.6 Å². The van der Waals surface area contributed by atoms with Crippen LogP contribution in [0.1, 0.15) is 53.1 Å². The number of allylic oxidation sites excluding steroid dienone is 2. The van der Waals surface area contributed by atoms with Gasteiger partial charge in [0.15, 0.2) is 0 Å². The first-order valence-corrected chi connectivity index (χ1v) is 8.26. The van der Waals surface area contributed by atoms with Gasteiger partial charge in [-0.3, -0.25) is 0 Å². The van der Waals surface area contributed by atoms with Gasteiger partial charge in [-0.05, 0) is 70.9 Å². The van der Waals surface area contributed by atoms with Crippen LogP contribution in [-0.4, -0.2) is 11.1 Å². The summed E-state index contributed by atoms with van der Waals surface area (Å²) >= 11 is 0. The molecule has 0 fully saturated rings. The van der Waals surface area contributed by atoms with Crippen LogP contribution < -0.4 is 0 Å². The largest absolute Gasteiger partial charge is 0.478 e. The number of aryl methyl sites for hydroxylation is 2. The highest BCUT2D eigenvalue weighted by Gasteiger charge is 2.26. The number of aliphatic carboxylic acids is 1. The van der Waals surface area contributed by atoms with E-state index in [1.165, 1.54) is 5.56 Å². The molecule has 2 nitrogen and oxygen atoms in total. The van der Waals surface area contributed by atoms with Crippen LogP contribution in [0.2, 0.25) is 0 Å². The molecule has 3 rings (SSSR count). The van der Waals surface area contributed by atoms with Gasteiger partial charge in [0.1, 0.15) is 0 Å². The van der Waals surface area contributed by atoms with E-state index in [4.69, 9.17) is 0 Å². The van der Waals surface area contributed by atoms with Gasteiger partial charge >= 0.3 is 5.97 Å². The molecule has 0 heterocycles. The zero-order valence-corrected chi connectivity index (χ0v) is 14.6. The predicted molar refractivity (Wildman–Crippen MR) is 99.9 cm³/mol. The highest BCUT2D eigenvalue weighted by Crippen LogP contribution is 2.40. The van der Waals surface area contributed by atoms with E-state index in [9.17, 15) is 9.90 Å². The van der Waals surface area contributed by atoms with Crippen molar-refractivity contribution in [3.63, 3.8) is 0 Å². The molecule has 0 aliphatic heterocycles. The van der Waals surface area contributed by atoms with Crippen LogP contribution in [0.3, 0.4) is 0 Å². The number of benzene rings is 2. The molecule has 0 aromatic heterocycles. The molecule has 122 valence electrons. The second-order valence-electron chi connectivity index (χ2n) is 6.73. The van der Waals surface area contributed by atoms with Crippen LogP contribution in [0.15, 0.2) is 42.5 Å². The zero-order valence-electron chi connectivity index (χ0n) is 14.6. The molecule has 0 saturated heterocycles. The summed E-state index contributed by atoms with van der Waals surface area (Å²) in [6.45, 7) is 8.35. The second-order valence-corrected chi connectivity index (χ2v) is 6.73. The van der Waals surface area contributed by atoms with E-state index in [1.54, 1.807) is 6.08 Å². The Morgan fingerprint density at radius 1 is 0.958 bits per heavy atom. The Morgan fingerprint density at radius 2 is 1.54 bits per heavy atom. The predicted octanol–water partition coefficient (Wildman–Crippen LogP) is 5.45. The van der Waals surface area contributed by atoms with Crippen LogP contribution in [0, 0.1) is 13.8 Å². The van der Waals surface area contributed by atoms with E-state index in [1.807, 2.05) is 19.9 Å². The monoisotopic (exact) mass is 318 g/mol. The molecular weight excluding hydrogens is 296 g/mol. The molecule has 24 heavy (non-hydrogen) atoms. The molecule has 1 aliphatic carbocycles. The van der Waals surface area contributed by atoms with Crippen LogP contribution in [0.4, 0.5) is 0 Å². The fourth-order valence-corrected chi connectivity index (χ4v) is 3.27. The van der Waals surface area contributed by atoms with Crippen molar-refractivity contribution >= 4 is 23.2 Å². The van der Waals surface area contributed by atoms with E-state index < -0.39 is 5.97 Å². The molecule has 0 atom stereocenters. The van der Waals surface area contributed by atoms with Crippen molar-refractivity contribution in [3.05, 3.63) is 75.9 Å². The molecular formula is C22H22O2. The summed E-state index contributed by atoms with van der Waals surface area (Å²) in [5.41, 5.74) is 7.75. The Bertz CT molecular complexity index is 866. The summed E-state index contributed by atoms with van der Waals surface area (Å²) in [5, 5.41) is 9.56. The lowest BCUT2D eigenvalue weighted by molar-refractivity contribution is -0.130. The van der Waals surface area contributed by atoms with E-state index in [-0.39, 0.29) is 0 Å². The molecule has 0 radical (unpaired) electrons. The van der Waals surface area contributed by atoms with Gasteiger partial charge in [0.05, 0.1) is 5.57 Å². The van der Waals surface area contributed by atoms with Crippen LogP contribution >= 0.6 is 0 Å². The topological polar surface area (TPSA) is 37.3 Å². The number of rotatable bonds is 3. The first kappa shape index (κ1) is 16.3. The number of carboxylic acid groups (broad SMARTS) is 1. The van der Waals surface area contributed by atoms with E-state index in [0.29, 0.717) is 11.5 Å². The maximum absolute atomic E-state index is 11.6. The standard InChI is InChI=1S/C22H22O2/c1-13(2)17-9-7-16(8-10-17)11-18-12-19(22(23)24)21-15(4)6-5-14(3)20(18)21/h5-13H,1-4H3,(H,23,24). The summed E-state index contributed by atoms with van der Waals surface area (Å²) in [7, 11) is 0. The molecule has 2 heteroatoms. The molecule has 0 amide bonds. The molecule has 2 aromatic rings. The third-order valence-corrected chi connectivity index (χ3v) is 4.64. The fourth-order valence-electron chi connectivity index (χ4n) is 3.27. The number of carboxylic acids is 1. The van der Waals surface area contributed by atoms with Crippen molar-refractivity contribution in [1.29, 1.82) is 0 Å². The average Bonchev–Trinajstić information content (AvgIpc) is 2.92. The molecule has 0 saturated carbocycles. The normalized spacial score (nSPS) is 14.9. The third kappa shape index (κ3) is 2.80. The van der Waals surface area contributed by atoms with E-state index >= 15 is 0 Å². The summed E-state index contributed by atoms with van der Waals surface area (Å²) in [4.78, 5) is 11.6. The first-order valence-electron chi connectivity index (χ1n) is 8.26. The van der Waals surface area contributed by atoms with Crippen molar-refractivity contribution in [1.82, 2.24) is 0 Å². The molecule has 0 spiro atoms. The smallest absolute Gasteiger partial charge is 0.336 e. The molecule has 0 unspecified atom stereocenters. The van der Waals surface area contributed by atoms with Crippen LogP contribution in [0.5, 0.6) is 0 Å². The SMILES string of the molecule is Cc1ccc(C)c2c1C(=Cc1ccc(C(C)C)cc1)C=C2C(=O)O. The molecule has 1 N–H and O–H groups in total. The van der Waals surface area contributed by atoms with Crippen LogP contribution in [-0.2, 0) is 4.79 Å². The van der Waals surface area contributed by atoms with Crippen molar-refractivity contribution in [2.75, 3.05) is 0 Å². The van der Waals surface area contributed by atoms with E-state index in [0.717, 1.165) is 33.4 Å². The van der Waals surface area contributed by atoms with Crippen molar-refractivity contribution in [2.24, 2.45) is 0 Å². The fraction of sp³-hybridized carbons (Fsp3) is 0.227. The molecule has 0 bridgehead atoms. The zero-order chi connectivity index (χ0) is 17.4. The Labute approximate surface area is 143 Å². The summed E-state index contributed by atoms with van der Waals surface area (Å²) in [5.74, 6) is -0.370. The van der Waals surface area contributed by atoms with Gasteiger partial charge in [-0.15, -0.1) is 0 Å². The lowest BCUT2D eigenvalue weighted by atomic mass is 9.93. The van der Waals surface area contributed by atoms with Gasteiger partial charge in [-0.25, -0.2) is 4.79 Å². The highest BCUT2D eigenvalue weighted by molar-refractivity contribution is 6.24. The number of hydrogen-bond acceptors (Lipinski definition) is 1. The number of hydrogen-bond donors (Lipinski definition) is 1. The van der Waals surface area contributed by atoms with Gasteiger partial charge in [-0.1, -0.05) is 50.2 Å². The van der Waals surface area contributed by atoms with Crippen molar-refractivity contribution in [3.8, 4) is 0 Å². The maximum Gasteiger partial charge on any atom is 0.336 e. The third-order valence-electron chi connectivity index (χ3n) is 4.64. The Balaban J connectivity index is 2.13. The van der Waals surface area contributed by atoms with Gasteiger partial charge in [0.2, 0.25) is 0 Å². The lowest BCUT2D eigenvalue weighted by Gasteiger charge is -2.10. The summed E-state index contributed by atoms with van der Waals surface area (Å²) in [6, 6.07) is 12.5. The summed E-state index contributed by atoms with van der Waals surface area (Å²) in [6.07, 6.45) is 3.87. The van der Waals surface area contributed by atoms with Crippen molar-refractivity contribution < 1.29 is 9.90 Å². The number of fused-ring (bicyclic) bond motifs is 1. The van der Waals surface area contributed by atoms with Crippen LogP contribution in [0.25, 0.3) is 17.2 Å². The minimum Gasteiger partial charge on any atom is -0.478 e. The number of carbonyl (C=O) groups is 1. The average molecular weight is 318 g/mol. The maximum atomic E-state index is 11.6. The van der Waals surface area contributed by atoms with Gasteiger partial charge in [-0.2, -0.15) is 0 Å². The summed E-state index contributed by atoms with van der Waals surface area (Å²) < 4.78 is 0. The second kappa shape index (κ2) is 6.12. The van der Waals surface area contributed by atoms with Gasteiger partial charge in [0, 0.05) is 0 Å². The van der Waals surface area contributed by atoms with Gasteiger partial charge in [0.25, 0.3) is 0 Å². The van der Waals surface area contributed by atoms with Gasteiger partial charge < -0.3 is 5.11 Å². The minimum atomic E-state index is -0.872. The quantitative estimate of drug-likeness (QED) is 0.817. The lowest BCUT2D eigenvalue weighted by Crippen LogP contribution is -2.00. The molecule has 1 aliphatic rings. The minimum absolute atomic E-state index is 0.385. The van der Waals surface area contributed by atoms with E-state index in [2.05, 4.69) is 50.3 Å². The highest BCUT2D eigenvalue weighted by atomic mass is 16.4.